The van der Waals surface area contributed by atoms with Crippen molar-refractivity contribution in [2.45, 2.75) is 19.8 Å². The first kappa shape index (κ1) is 22.2. The van der Waals surface area contributed by atoms with E-state index in [0.29, 0.717) is 40.4 Å². The lowest BCUT2D eigenvalue weighted by Gasteiger charge is -2.14. The Morgan fingerprint density at radius 1 is 1.10 bits per heavy atom. The van der Waals surface area contributed by atoms with E-state index in [2.05, 4.69) is 19.1 Å². The Balaban J connectivity index is 1.62. The van der Waals surface area contributed by atoms with Crippen molar-refractivity contribution >= 4 is 40.3 Å². The summed E-state index contributed by atoms with van der Waals surface area (Å²) >= 11 is 6.49. The first-order valence-electron chi connectivity index (χ1n) is 9.76. The third-order valence-electron chi connectivity index (χ3n) is 4.64. The predicted octanol–water partition coefficient (Wildman–Crippen LogP) is 4.94. The number of rotatable bonds is 9. The van der Waals surface area contributed by atoms with E-state index < -0.39 is 0 Å². The largest absolute Gasteiger partial charge is 0.493 e. The lowest BCUT2D eigenvalue weighted by Crippen LogP contribution is -2.22. The number of amides is 1. The zero-order valence-electron chi connectivity index (χ0n) is 17.3. The van der Waals surface area contributed by atoms with Gasteiger partial charge in [-0.05, 0) is 36.3 Å². The molecule has 0 aliphatic carbocycles. The summed E-state index contributed by atoms with van der Waals surface area (Å²) in [4.78, 5) is 14.4. The van der Waals surface area contributed by atoms with Crippen LogP contribution in [0.25, 0.3) is 6.08 Å². The van der Waals surface area contributed by atoms with Gasteiger partial charge in [0.2, 0.25) is 0 Å². The van der Waals surface area contributed by atoms with Gasteiger partial charge in [0.1, 0.15) is 10.1 Å². The number of nitrogens with zero attached hydrogens (tertiary/aromatic N) is 1. The normalized spacial score (nSPS) is 15.0. The molecule has 2 aromatic rings. The Morgan fingerprint density at radius 2 is 1.83 bits per heavy atom. The summed E-state index contributed by atoms with van der Waals surface area (Å²) in [5, 5.41) is 0. The summed E-state index contributed by atoms with van der Waals surface area (Å²) in [6.45, 7) is 3.14. The van der Waals surface area contributed by atoms with Crippen molar-refractivity contribution < 1.29 is 19.0 Å². The first-order valence-corrected chi connectivity index (χ1v) is 11.0. The fourth-order valence-corrected chi connectivity index (χ4v) is 4.06. The number of benzene rings is 2. The molecule has 30 heavy (non-hydrogen) atoms. The number of methoxy groups -OCH3 is 1. The van der Waals surface area contributed by atoms with Crippen LogP contribution in [0.3, 0.4) is 0 Å². The van der Waals surface area contributed by atoms with E-state index in [0.717, 1.165) is 17.7 Å². The summed E-state index contributed by atoms with van der Waals surface area (Å²) < 4.78 is 17.8. The molecule has 1 fully saturated rings. The summed E-state index contributed by atoms with van der Waals surface area (Å²) in [5.41, 5.74) is 2.06. The molecule has 0 aromatic heterocycles. The quantitative estimate of drug-likeness (QED) is 0.311. The highest BCUT2D eigenvalue weighted by Crippen LogP contribution is 2.37. The van der Waals surface area contributed by atoms with Crippen LogP contribution in [-0.4, -0.2) is 42.5 Å². The maximum atomic E-state index is 12.3. The van der Waals surface area contributed by atoms with E-state index in [1.807, 2.05) is 30.3 Å². The molecule has 0 radical (unpaired) electrons. The van der Waals surface area contributed by atoms with Gasteiger partial charge in [-0.25, -0.2) is 0 Å². The average molecular weight is 444 g/mol. The van der Waals surface area contributed by atoms with Gasteiger partial charge in [-0.1, -0.05) is 55.2 Å². The maximum absolute atomic E-state index is 12.3. The van der Waals surface area contributed by atoms with Crippen LogP contribution in [0.15, 0.2) is 47.4 Å². The number of para-hydroxylation sites is 1. The monoisotopic (exact) mass is 443 g/mol. The van der Waals surface area contributed by atoms with Gasteiger partial charge in [-0.15, -0.1) is 0 Å². The maximum Gasteiger partial charge on any atom is 0.265 e. The lowest BCUT2D eigenvalue weighted by atomic mass is 10.1. The fraction of sp³-hybridized carbons (Fsp3) is 0.304. The van der Waals surface area contributed by atoms with Crippen LogP contribution in [0.1, 0.15) is 24.5 Å². The van der Waals surface area contributed by atoms with Crippen molar-refractivity contribution in [2.75, 3.05) is 27.4 Å². The number of carbonyl (C=O) groups excluding carboxylic acids is 1. The number of carbonyl (C=O) groups is 1. The van der Waals surface area contributed by atoms with Gasteiger partial charge in [0.15, 0.2) is 11.5 Å². The second-order valence-corrected chi connectivity index (χ2v) is 8.34. The number of thiocarbonyl (C=S) groups is 1. The molecule has 0 bridgehead atoms. The Labute approximate surface area is 187 Å². The molecule has 3 rings (SSSR count). The third-order valence-corrected chi connectivity index (χ3v) is 6.12. The van der Waals surface area contributed by atoms with Crippen LogP contribution in [0, 0.1) is 0 Å². The number of likely N-dealkylation sites (N-methyl/N-ethyl adjacent to an activating group) is 1. The van der Waals surface area contributed by atoms with Crippen molar-refractivity contribution in [3.05, 3.63) is 58.5 Å². The minimum absolute atomic E-state index is 0.110. The number of thioether (sulfide) groups is 1. The van der Waals surface area contributed by atoms with Gasteiger partial charge < -0.3 is 14.2 Å². The van der Waals surface area contributed by atoms with Gasteiger partial charge >= 0.3 is 0 Å². The van der Waals surface area contributed by atoms with E-state index >= 15 is 0 Å². The Kier molecular flexibility index (Phi) is 7.76. The molecule has 0 unspecified atom stereocenters. The van der Waals surface area contributed by atoms with Gasteiger partial charge in [0.05, 0.1) is 25.2 Å². The molecule has 5 nitrogen and oxygen atoms in total. The SMILES string of the molecule is CCc1ccc(OCCCOc2c(/C=C3\SC(=S)N(C)C3=O)cccc2OC)cc1. The first-order chi connectivity index (χ1) is 14.5. The van der Waals surface area contributed by atoms with Crippen LogP contribution in [0.5, 0.6) is 17.2 Å². The average Bonchev–Trinajstić information content (AvgIpc) is 3.01. The Morgan fingerprint density at radius 3 is 2.47 bits per heavy atom. The number of hydrogen-bond donors (Lipinski definition) is 0. The minimum Gasteiger partial charge on any atom is -0.493 e. The molecule has 1 saturated heterocycles. The molecule has 7 heteroatoms. The van der Waals surface area contributed by atoms with Crippen molar-refractivity contribution in [1.82, 2.24) is 4.90 Å². The van der Waals surface area contributed by atoms with Gasteiger partial charge in [0.25, 0.3) is 5.91 Å². The summed E-state index contributed by atoms with van der Waals surface area (Å²) in [5.74, 6) is 1.97. The molecule has 1 aliphatic rings. The molecular weight excluding hydrogens is 418 g/mol. The number of hydrogen-bond acceptors (Lipinski definition) is 6. The van der Waals surface area contributed by atoms with E-state index in [1.165, 1.54) is 22.2 Å². The zero-order valence-corrected chi connectivity index (χ0v) is 19.0. The van der Waals surface area contributed by atoms with Crippen molar-refractivity contribution in [1.29, 1.82) is 0 Å². The highest BCUT2D eigenvalue weighted by Gasteiger charge is 2.29. The minimum atomic E-state index is -0.110. The van der Waals surface area contributed by atoms with E-state index in [9.17, 15) is 4.79 Å². The smallest absolute Gasteiger partial charge is 0.265 e. The van der Waals surface area contributed by atoms with Gasteiger partial charge in [-0.3, -0.25) is 9.69 Å². The zero-order chi connectivity index (χ0) is 21.5. The molecule has 1 aliphatic heterocycles. The highest BCUT2D eigenvalue weighted by molar-refractivity contribution is 8.26. The second kappa shape index (κ2) is 10.5. The predicted molar refractivity (Wildman–Crippen MR) is 125 cm³/mol. The Hall–Kier alpha value is -2.51. The summed E-state index contributed by atoms with van der Waals surface area (Å²) in [7, 11) is 3.28. The van der Waals surface area contributed by atoms with Crippen LogP contribution in [-0.2, 0) is 11.2 Å². The molecule has 1 amide bonds. The summed E-state index contributed by atoms with van der Waals surface area (Å²) in [6, 6.07) is 13.7. The fourth-order valence-electron chi connectivity index (χ4n) is 2.89. The molecule has 158 valence electrons. The van der Waals surface area contributed by atoms with Crippen molar-refractivity contribution in [3.63, 3.8) is 0 Å². The van der Waals surface area contributed by atoms with E-state index in [-0.39, 0.29) is 5.91 Å². The van der Waals surface area contributed by atoms with Crippen molar-refractivity contribution in [2.24, 2.45) is 0 Å². The van der Waals surface area contributed by atoms with Gasteiger partial charge in [-0.2, -0.15) is 0 Å². The molecular formula is C23H25NO4S2. The van der Waals surface area contributed by atoms with Crippen LogP contribution in [0.2, 0.25) is 0 Å². The highest BCUT2D eigenvalue weighted by atomic mass is 32.2. The lowest BCUT2D eigenvalue weighted by molar-refractivity contribution is -0.121. The molecule has 1 heterocycles. The van der Waals surface area contributed by atoms with E-state index in [1.54, 1.807) is 20.2 Å². The van der Waals surface area contributed by atoms with Crippen LogP contribution < -0.4 is 14.2 Å². The Bertz CT molecular complexity index is 941. The molecule has 0 saturated carbocycles. The van der Waals surface area contributed by atoms with Gasteiger partial charge in [0, 0.05) is 19.0 Å². The number of aryl methyl sites for hydroxylation is 1. The molecule has 0 N–H and O–H groups in total. The second-order valence-electron chi connectivity index (χ2n) is 6.67. The summed E-state index contributed by atoms with van der Waals surface area (Å²) in [6.07, 6.45) is 3.52. The number of ether oxygens (including phenoxy) is 3. The molecule has 0 spiro atoms. The standard InChI is InChI=1S/C23H25NO4S2/c1-4-16-9-11-18(12-10-16)27-13-6-14-28-21-17(7-5-8-19(21)26-3)15-20-22(25)24(2)23(29)30-20/h5,7-12,15H,4,6,13-14H2,1-3H3/b20-15-. The van der Waals surface area contributed by atoms with Crippen LogP contribution >= 0.6 is 24.0 Å². The van der Waals surface area contributed by atoms with Crippen LogP contribution in [0.4, 0.5) is 0 Å². The molecule has 0 atom stereocenters. The van der Waals surface area contributed by atoms with Crippen molar-refractivity contribution in [3.8, 4) is 17.2 Å². The molecule has 2 aromatic carbocycles. The third kappa shape index (κ3) is 5.34. The van der Waals surface area contributed by atoms with E-state index in [4.69, 9.17) is 26.4 Å². The topological polar surface area (TPSA) is 48.0 Å².